The van der Waals surface area contributed by atoms with Crippen LogP contribution in [0.3, 0.4) is 0 Å². The summed E-state index contributed by atoms with van der Waals surface area (Å²) in [5.74, 6) is -0.127. The maximum Gasteiger partial charge on any atom is 0.341 e. The van der Waals surface area contributed by atoms with Crippen molar-refractivity contribution in [1.29, 1.82) is 0 Å². The highest BCUT2D eigenvalue weighted by Crippen LogP contribution is 2.41. The van der Waals surface area contributed by atoms with E-state index in [4.69, 9.17) is 9.47 Å². The van der Waals surface area contributed by atoms with E-state index in [0.29, 0.717) is 17.1 Å². The Hall–Kier alpha value is -1.71. The molecule has 80 valence electrons. The molecule has 4 nitrogen and oxygen atoms in total. The Morgan fingerprint density at radius 3 is 2.73 bits per heavy atom. The average Bonchev–Trinajstić information content (AvgIpc) is 2.49. The average molecular weight is 208 g/mol. The highest BCUT2D eigenvalue weighted by molar-refractivity contribution is 5.93. The first kappa shape index (κ1) is 9.83. The van der Waals surface area contributed by atoms with E-state index in [2.05, 4.69) is 4.74 Å². The first-order valence-corrected chi connectivity index (χ1v) is 4.63. The number of hydrogen-bond acceptors (Lipinski definition) is 4. The summed E-state index contributed by atoms with van der Waals surface area (Å²) in [4.78, 5) is 11.4. The van der Waals surface area contributed by atoms with Gasteiger partial charge in [0.05, 0.1) is 7.11 Å². The van der Waals surface area contributed by atoms with Gasteiger partial charge in [-0.25, -0.2) is 4.79 Å². The molecule has 0 unspecified atom stereocenters. The summed E-state index contributed by atoms with van der Waals surface area (Å²) in [5, 5.41) is 0. The molecule has 0 saturated carbocycles. The van der Waals surface area contributed by atoms with Gasteiger partial charge in [-0.2, -0.15) is 0 Å². The van der Waals surface area contributed by atoms with Crippen molar-refractivity contribution in [2.24, 2.45) is 0 Å². The molecule has 0 saturated heterocycles. The van der Waals surface area contributed by atoms with Crippen LogP contribution in [-0.2, 0) is 4.74 Å². The van der Waals surface area contributed by atoms with Gasteiger partial charge in [0.15, 0.2) is 11.5 Å². The predicted molar refractivity (Wildman–Crippen MR) is 53.1 cm³/mol. The van der Waals surface area contributed by atoms with Crippen LogP contribution in [0.5, 0.6) is 11.5 Å². The molecule has 0 aromatic heterocycles. The minimum atomic E-state index is -0.730. The van der Waals surface area contributed by atoms with Crippen molar-refractivity contribution in [1.82, 2.24) is 0 Å². The number of esters is 1. The maximum absolute atomic E-state index is 11.4. The maximum atomic E-state index is 11.4. The molecule has 4 heteroatoms. The van der Waals surface area contributed by atoms with Crippen LogP contribution >= 0.6 is 0 Å². The molecule has 1 aromatic carbocycles. The van der Waals surface area contributed by atoms with E-state index in [0.717, 1.165) is 0 Å². The van der Waals surface area contributed by atoms with Crippen LogP contribution in [0.15, 0.2) is 18.2 Å². The number of ether oxygens (including phenoxy) is 3. The van der Waals surface area contributed by atoms with Gasteiger partial charge in [-0.15, -0.1) is 0 Å². The fourth-order valence-electron chi connectivity index (χ4n) is 1.50. The van der Waals surface area contributed by atoms with Gasteiger partial charge in [-0.3, -0.25) is 0 Å². The van der Waals surface area contributed by atoms with Crippen molar-refractivity contribution in [3.05, 3.63) is 23.8 Å². The van der Waals surface area contributed by atoms with Crippen LogP contribution in [0.25, 0.3) is 0 Å². The van der Waals surface area contributed by atoms with Gasteiger partial charge in [0.25, 0.3) is 0 Å². The normalized spacial score (nSPS) is 16.2. The van der Waals surface area contributed by atoms with Crippen molar-refractivity contribution in [3.63, 3.8) is 0 Å². The molecule has 1 heterocycles. The molecule has 0 atom stereocenters. The van der Waals surface area contributed by atoms with E-state index in [1.54, 1.807) is 32.0 Å². The predicted octanol–water partition coefficient (Wildman–Crippen LogP) is 1.98. The summed E-state index contributed by atoms with van der Waals surface area (Å²) in [6.45, 7) is 3.57. The lowest BCUT2D eigenvalue weighted by atomic mass is 10.2. The van der Waals surface area contributed by atoms with Gasteiger partial charge in [0.2, 0.25) is 5.79 Å². The Morgan fingerprint density at radius 2 is 2.07 bits per heavy atom. The number of fused-ring (bicyclic) bond motifs is 1. The zero-order valence-corrected chi connectivity index (χ0v) is 8.87. The molecule has 0 bridgehead atoms. The third-order valence-corrected chi connectivity index (χ3v) is 2.09. The van der Waals surface area contributed by atoms with E-state index in [1.807, 2.05) is 0 Å². The van der Waals surface area contributed by atoms with Crippen molar-refractivity contribution >= 4 is 5.97 Å². The van der Waals surface area contributed by atoms with E-state index in [1.165, 1.54) is 7.11 Å². The molecule has 2 rings (SSSR count). The number of para-hydroxylation sites is 1. The second-order valence-corrected chi connectivity index (χ2v) is 3.73. The molecule has 15 heavy (non-hydrogen) atoms. The lowest BCUT2D eigenvalue weighted by Crippen LogP contribution is -2.30. The van der Waals surface area contributed by atoms with E-state index < -0.39 is 11.8 Å². The van der Waals surface area contributed by atoms with Crippen LogP contribution in [0, 0.1) is 0 Å². The van der Waals surface area contributed by atoms with Gasteiger partial charge in [0.1, 0.15) is 5.56 Å². The standard InChI is InChI=1S/C11H12O4/c1-11(2)14-8-6-4-5-7(9(8)15-11)10(12)13-3/h4-6H,1-3H3. The molecule has 0 amide bonds. The first-order valence-electron chi connectivity index (χ1n) is 4.63. The van der Waals surface area contributed by atoms with E-state index >= 15 is 0 Å². The molecule has 0 aliphatic carbocycles. The summed E-state index contributed by atoms with van der Waals surface area (Å²) in [5.41, 5.74) is 0.389. The molecule has 0 radical (unpaired) electrons. The van der Waals surface area contributed by atoms with Crippen LogP contribution < -0.4 is 9.47 Å². The largest absolute Gasteiger partial charge is 0.465 e. The minimum absolute atomic E-state index is 0.389. The van der Waals surface area contributed by atoms with Crippen LogP contribution in [-0.4, -0.2) is 18.9 Å². The summed E-state index contributed by atoms with van der Waals surface area (Å²) >= 11 is 0. The lowest BCUT2D eigenvalue weighted by Gasteiger charge is -2.16. The summed E-state index contributed by atoms with van der Waals surface area (Å²) < 4.78 is 15.7. The van der Waals surface area contributed by atoms with Crippen LogP contribution in [0.1, 0.15) is 24.2 Å². The SMILES string of the molecule is COC(=O)c1cccc2c1OC(C)(C)O2. The zero-order chi connectivity index (χ0) is 11.1. The summed E-state index contributed by atoms with van der Waals surface area (Å²) in [7, 11) is 1.34. The number of carbonyl (C=O) groups excluding carboxylic acids is 1. The molecule has 1 aromatic rings. The number of carbonyl (C=O) groups is 1. The van der Waals surface area contributed by atoms with Crippen molar-refractivity contribution in [3.8, 4) is 11.5 Å². The first-order chi connectivity index (χ1) is 7.03. The monoisotopic (exact) mass is 208 g/mol. The third-order valence-electron chi connectivity index (χ3n) is 2.09. The Morgan fingerprint density at radius 1 is 1.33 bits per heavy atom. The Kier molecular flexibility index (Phi) is 2.07. The highest BCUT2D eigenvalue weighted by Gasteiger charge is 2.34. The number of methoxy groups -OCH3 is 1. The van der Waals surface area contributed by atoms with Gasteiger partial charge >= 0.3 is 5.97 Å². The van der Waals surface area contributed by atoms with Gasteiger partial charge < -0.3 is 14.2 Å². The van der Waals surface area contributed by atoms with Crippen molar-refractivity contribution < 1.29 is 19.0 Å². The highest BCUT2D eigenvalue weighted by atomic mass is 16.7. The molecular formula is C11H12O4. The Labute approximate surface area is 87.8 Å². The minimum Gasteiger partial charge on any atom is -0.465 e. The summed E-state index contributed by atoms with van der Waals surface area (Å²) in [6.07, 6.45) is 0. The number of hydrogen-bond donors (Lipinski definition) is 0. The fraction of sp³-hybridized carbons (Fsp3) is 0.364. The van der Waals surface area contributed by atoms with Gasteiger partial charge in [-0.1, -0.05) is 6.07 Å². The zero-order valence-electron chi connectivity index (χ0n) is 8.87. The van der Waals surface area contributed by atoms with Crippen molar-refractivity contribution in [2.45, 2.75) is 19.6 Å². The Balaban J connectivity index is 2.46. The van der Waals surface area contributed by atoms with E-state index in [9.17, 15) is 4.79 Å². The Bertz CT molecular complexity index is 409. The molecule has 0 spiro atoms. The number of benzene rings is 1. The van der Waals surface area contributed by atoms with Gasteiger partial charge in [0, 0.05) is 13.8 Å². The fourth-order valence-corrected chi connectivity index (χ4v) is 1.50. The summed E-state index contributed by atoms with van der Waals surface area (Å²) in [6, 6.07) is 5.14. The second kappa shape index (κ2) is 3.15. The molecule has 0 N–H and O–H groups in total. The molecule has 1 aliphatic rings. The second-order valence-electron chi connectivity index (χ2n) is 3.73. The topological polar surface area (TPSA) is 44.8 Å². The third kappa shape index (κ3) is 1.63. The molecule has 1 aliphatic heterocycles. The number of rotatable bonds is 1. The van der Waals surface area contributed by atoms with Crippen molar-refractivity contribution in [2.75, 3.05) is 7.11 Å². The van der Waals surface area contributed by atoms with E-state index in [-0.39, 0.29) is 0 Å². The molecule has 0 fully saturated rings. The quantitative estimate of drug-likeness (QED) is 0.662. The smallest absolute Gasteiger partial charge is 0.341 e. The van der Waals surface area contributed by atoms with Gasteiger partial charge in [-0.05, 0) is 12.1 Å². The lowest BCUT2D eigenvalue weighted by molar-refractivity contribution is -0.0434. The van der Waals surface area contributed by atoms with Crippen LogP contribution in [0.2, 0.25) is 0 Å². The van der Waals surface area contributed by atoms with Crippen LogP contribution in [0.4, 0.5) is 0 Å². The molecular weight excluding hydrogens is 196 g/mol.